The highest BCUT2D eigenvalue weighted by Crippen LogP contribution is 2.41. The fraction of sp³-hybridized carbons (Fsp3) is 0.953. The molecule has 0 aromatic heterocycles. The highest BCUT2D eigenvalue weighted by atomic mass is 16.8. The van der Waals surface area contributed by atoms with Gasteiger partial charge >= 0.3 is 0 Å². The first-order valence-corrected chi connectivity index (χ1v) is 36.6. The molecule has 9 heterocycles. The van der Waals surface area contributed by atoms with Gasteiger partial charge in [-0.15, -0.1) is 0 Å². The standard InChI is InChI=1S/C64H108N2O49/c1-14-29(79)37(87)41(91)58(99-14)111-51-27(65-16(3)75)56(105-24(11-73)49(51)109-62-45(95)53(34(84)22(9-71)103-62)114-60-43(93)39(89)32(82)20(7-69)101-60)98-13-26-36(86)55(47(97)64(107-26)108-48(19(78)6-68)31(81)18(77)5-67)113-57-28(66-17(4)76)52(112-59-42(92)38(88)30(80)15(2)100-59)50(25(12-74)106-57)110-63-46(96)54(35(85)23(10-72)104-63)115-61-44(94)40(90)33(83)21(8-70)102-61/h5,14-15,18-64,68-74,77-97H,6-13H2,1-4H3,(H,65,75)(H,66,76)/t14-,15-,18-,19+,20+,21+,22+,23+,24+,25+,26+,27+,28+,29+,30+,31+,32-,33-,34-,35-,36-,37+,38+,39-,40-,41-,42-,43+,44+,45+,46+,47+,48+,49+,50+,51+,52+,53-,54-,55-,56+,57-,58-,59-,60+,61+,62-,63-,64-/m0/s1. The molecule has 115 heavy (non-hydrogen) atoms. The van der Waals surface area contributed by atoms with Gasteiger partial charge in [0.2, 0.25) is 11.8 Å². The summed E-state index contributed by atoms with van der Waals surface area (Å²) >= 11 is 0. The van der Waals surface area contributed by atoms with Gasteiger partial charge in [0.05, 0.1) is 65.1 Å². The smallest absolute Gasteiger partial charge is 0.217 e. The minimum absolute atomic E-state index is 0.243. The van der Waals surface area contributed by atoms with E-state index in [0.717, 1.165) is 13.8 Å². The van der Waals surface area contributed by atoms with Gasteiger partial charge in [-0.1, -0.05) is 0 Å². The lowest BCUT2D eigenvalue weighted by Gasteiger charge is -2.52. The van der Waals surface area contributed by atoms with Crippen molar-refractivity contribution in [2.45, 2.75) is 328 Å². The van der Waals surface area contributed by atoms with E-state index in [4.69, 9.17) is 85.3 Å². The molecule has 0 aromatic carbocycles. The highest BCUT2D eigenvalue weighted by molar-refractivity contribution is 5.73. The first-order chi connectivity index (χ1) is 54.3. The normalized spacial score (nSPS) is 49.2. The van der Waals surface area contributed by atoms with Crippen molar-refractivity contribution in [1.29, 1.82) is 0 Å². The van der Waals surface area contributed by atoms with Gasteiger partial charge in [-0.05, 0) is 13.8 Å². The van der Waals surface area contributed by atoms with E-state index in [2.05, 4.69) is 10.6 Å². The number of aldehydes is 1. The molecule has 9 saturated heterocycles. The number of aliphatic hydroxyl groups excluding tert-OH is 28. The molecule has 49 atom stereocenters. The Balaban J connectivity index is 1.08. The average Bonchev–Trinajstić information content (AvgIpc) is 0.761. The van der Waals surface area contributed by atoms with Crippen LogP contribution in [0.3, 0.4) is 0 Å². The number of carbonyl (C=O) groups excluding carboxylic acids is 3. The Hall–Kier alpha value is -3.23. The summed E-state index contributed by atoms with van der Waals surface area (Å²) in [5, 5.41) is 313. The van der Waals surface area contributed by atoms with Gasteiger partial charge in [-0.25, -0.2) is 0 Å². The van der Waals surface area contributed by atoms with E-state index < -0.39 is 365 Å². The Kier molecular flexibility index (Phi) is 34.7. The van der Waals surface area contributed by atoms with Crippen LogP contribution in [0.5, 0.6) is 0 Å². The Labute approximate surface area is 651 Å². The number of carbonyl (C=O) groups is 3. The summed E-state index contributed by atoms with van der Waals surface area (Å²) < 4.78 is 107. The molecule has 668 valence electrons. The van der Waals surface area contributed by atoms with Crippen molar-refractivity contribution in [1.82, 2.24) is 10.6 Å². The van der Waals surface area contributed by atoms with E-state index in [1.807, 2.05) is 0 Å². The lowest BCUT2D eigenvalue weighted by molar-refractivity contribution is -0.397. The largest absolute Gasteiger partial charge is 0.394 e. The van der Waals surface area contributed by atoms with Crippen molar-refractivity contribution in [2.75, 3.05) is 52.9 Å². The van der Waals surface area contributed by atoms with Gasteiger partial charge in [-0.3, -0.25) is 9.59 Å². The molecule has 9 aliphatic rings. The van der Waals surface area contributed by atoms with Crippen LogP contribution in [0.15, 0.2) is 0 Å². The first-order valence-electron chi connectivity index (χ1n) is 36.6. The fourth-order valence-electron chi connectivity index (χ4n) is 14.6. The number of hydrogen-bond donors (Lipinski definition) is 30. The first kappa shape index (κ1) is 95.6. The van der Waals surface area contributed by atoms with Crippen molar-refractivity contribution in [2.24, 2.45) is 0 Å². The number of ether oxygens (including phenoxy) is 18. The van der Waals surface area contributed by atoms with Crippen molar-refractivity contribution >= 4 is 18.1 Å². The number of hydrogen-bond acceptors (Lipinski definition) is 49. The maximum Gasteiger partial charge on any atom is 0.217 e. The molecule has 51 heteroatoms. The summed E-state index contributed by atoms with van der Waals surface area (Å²) in [7, 11) is 0. The molecular weight excluding hydrogens is 1580 g/mol. The predicted octanol–water partition coefficient (Wildman–Crippen LogP) is -20.6. The Morgan fingerprint density at radius 1 is 0.330 bits per heavy atom. The van der Waals surface area contributed by atoms with Gasteiger partial charge in [-0.2, -0.15) is 0 Å². The zero-order valence-electron chi connectivity index (χ0n) is 61.6. The summed E-state index contributed by atoms with van der Waals surface area (Å²) in [6, 6.07) is -4.17. The summed E-state index contributed by atoms with van der Waals surface area (Å²) in [5.74, 6) is -2.10. The van der Waals surface area contributed by atoms with Gasteiger partial charge in [0.1, 0.15) is 232 Å². The third-order valence-corrected chi connectivity index (χ3v) is 21.1. The molecule has 30 N–H and O–H groups in total. The third-order valence-electron chi connectivity index (χ3n) is 21.1. The molecule has 0 aromatic rings. The lowest BCUT2D eigenvalue weighted by atomic mass is 9.93. The molecule has 0 unspecified atom stereocenters. The quantitative estimate of drug-likeness (QED) is 0.0278. The highest BCUT2D eigenvalue weighted by Gasteiger charge is 2.62. The van der Waals surface area contributed by atoms with E-state index >= 15 is 0 Å². The van der Waals surface area contributed by atoms with Crippen LogP contribution in [0.2, 0.25) is 0 Å². The van der Waals surface area contributed by atoms with Crippen molar-refractivity contribution in [3.05, 3.63) is 0 Å². The molecular formula is C64H108N2O49. The van der Waals surface area contributed by atoms with Gasteiger partial charge in [0.25, 0.3) is 0 Å². The SMILES string of the molecule is CC(=O)N[C@H]1[C@H](OC[C@H]2O[C@@H](O[C@@H]([C@H](O)[C@@H](O)C=O)[C@H](O)CO)[C@H](O)[C@@H](O[C@@H]3O[C@H](CO)[C@@H](O[C@@H]4O[C@H](CO)[C@H](O)[C@H](O[C@H]5O[C@H](CO)[C@H](O)[C@H](O)[C@H]5O)[C@H]4O)[C@H](O[C@@H]4O[C@@H](C)[C@@H](O)[C@@H](O)[C@@H]4O)[C@H]3NC(C)=O)[C@H]2O)O[C@H](CO)[C@@H](O[C@@H]2O[C@H](CO)[C@H](O)[C@H](O[C@H]3O[C@H](CO)[C@H](O)[C@H](O)[C@H]3O)[C@H]2O)[C@@H]1O[C@@H]1O[C@@H](C)[C@@H](O)[C@@H](O)[C@@H]1O. The Morgan fingerprint density at radius 2 is 0.617 bits per heavy atom. The summed E-state index contributed by atoms with van der Waals surface area (Å²) in [6.07, 6.45) is -100. The molecule has 0 saturated carbocycles. The van der Waals surface area contributed by atoms with Crippen molar-refractivity contribution in [3.63, 3.8) is 0 Å². The van der Waals surface area contributed by atoms with Crippen LogP contribution < -0.4 is 10.6 Å². The molecule has 51 nitrogen and oxygen atoms in total. The summed E-state index contributed by atoms with van der Waals surface area (Å²) in [5.41, 5.74) is 0. The number of amides is 2. The van der Waals surface area contributed by atoms with E-state index in [0.29, 0.717) is 0 Å². The molecule has 0 bridgehead atoms. The van der Waals surface area contributed by atoms with Crippen LogP contribution in [0.1, 0.15) is 27.7 Å². The maximum absolute atomic E-state index is 13.6. The van der Waals surface area contributed by atoms with Crippen LogP contribution in [-0.4, -0.2) is 515 Å². The van der Waals surface area contributed by atoms with Crippen molar-refractivity contribution < 1.29 is 243 Å². The summed E-state index contributed by atoms with van der Waals surface area (Å²) in [6.45, 7) is -5.21. The van der Waals surface area contributed by atoms with Crippen molar-refractivity contribution in [3.8, 4) is 0 Å². The average molecular weight is 1690 g/mol. The second kappa shape index (κ2) is 41.8. The van der Waals surface area contributed by atoms with Crippen LogP contribution >= 0.6 is 0 Å². The molecule has 9 rings (SSSR count). The van der Waals surface area contributed by atoms with Crippen LogP contribution in [0, 0.1) is 0 Å². The molecule has 2 amide bonds. The zero-order valence-corrected chi connectivity index (χ0v) is 61.6. The van der Waals surface area contributed by atoms with Gasteiger partial charge in [0, 0.05) is 13.8 Å². The molecule has 9 fully saturated rings. The molecule has 9 aliphatic heterocycles. The molecule has 0 radical (unpaired) electrons. The van der Waals surface area contributed by atoms with Crippen LogP contribution in [0.4, 0.5) is 0 Å². The summed E-state index contributed by atoms with van der Waals surface area (Å²) in [4.78, 5) is 39.1. The van der Waals surface area contributed by atoms with E-state index in [-0.39, 0.29) is 6.29 Å². The number of nitrogens with one attached hydrogen (secondary N) is 2. The van der Waals surface area contributed by atoms with E-state index in [1.165, 1.54) is 13.8 Å². The van der Waals surface area contributed by atoms with Crippen LogP contribution in [-0.2, 0) is 99.6 Å². The lowest BCUT2D eigenvalue weighted by Crippen LogP contribution is -2.71. The minimum Gasteiger partial charge on any atom is -0.394 e. The topological polar surface area (TPSA) is 808 Å². The van der Waals surface area contributed by atoms with E-state index in [1.54, 1.807) is 0 Å². The number of rotatable bonds is 32. The monoisotopic (exact) mass is 1690 g/mol. The third kappa shape index (κ3) is 21.0. The Morgan fingerprint density at radius 3 is 0.983 bits per heavy atom. The maximum atomic E-state index is 13.6. The molecule has 0 spiro atoms. The second-order valence-electron chi connectivity index (χ2n) is 29.1. The number of aliphatic hydroxyl groups is 28. The fourth-order valence-corrected chi connectivity index (χ4v) is 14.6. The molecule has 0 aliphatic carbocycles. The van der Waals surface area contributed by atoms with Gasteiger partial charge < -0.3 is 244 Å². The Bertz CT molecular complexity index is 2990. The zero-order chi connectivity index (χ0) is 85.0. The second-order valence-corrected chi connectivity index (χ2v) is 29.1. The van der Waals surface area contributed by atoms with Gasteiger partial charge in [0.15, 0.2) is 62.9 Å². The minimum atomic E-state index is -2.63. The predicted molar refractivity (Wildman–Crippen MR) is 351 cm³/mol. The van der Waals surface area contributed by atoms with Crippen LogP contribution in [0.25, 0.3) is 0 Å². The van der Waals surface area contributed by atoms with E-state index in [9.17, 15) is 157 Å².